The summed E-state index contributed by atoms with van der Waals surface area (Å²) in [4.78, 5) is 10.7. The molecular formula is C7H13ClO. The number of halogens is 1. The second kappa shape index (κ2) is 3.21. The Morgan fingerprint density at radius 1 is 1.44 bits per heavy atom. The SMILES string of the molecule is CC(C)(C)CC(=O)CCl. The van der Waals surface area contributed by atoms with Crippen molar-refractivity contribution in [2.75, 3.05) is 5.88 Å². The third kappa shape index (κ3) is 5.84. The molecule has 0 fully saturated rings. The molecule has 0 aromatic carbocycles. The van der Waals surface area contributed by atoms with Gasteiger partial charge in [-0.3, -0.25) is 4.79 Å². The fourth-order valence-corrected chi connectivity index (χ4v) is 0.733. The van der Waals surface area contributed by atoms with Gasteiger partial charge in [-0.15, -0.1) is 11.6 Å². The van der Waals surface area contributed by atoms with Crippen LogP contribution in [-0.2, 0) is 4.79 Å². The molecule has 0 saturated carbocycles. The lowest BCUT2D eigenvalue weighted by atomic mass is 9.90. The second-order valence-corrected chi connectivity index (χ2v) is 3.68. The Labute approximate surface area is 61.4 Å². The van der Waals surface area contributed by atoms with Crippen LogP contribution < -0.4 is 0 Å². The Kier molecular flexibility index (Phi) is 3.20. The molecule has 0 aromatic heterocycles. The van der Waals surface area contributed by atoms with Crippen molar-refractivity contribution < 1.29 is 4.79 Å². The average Bonchev–Trinajstić information content (AvgIpc) is 1.62. The molecule has 0 rings (SSSR count). The first-order valence-electron chi connectivity index (χ1n) is 3.03. The summed E-state index contributed by atoms with van der Waals surface area (Å²) in [5, 5.41) is 0. The summed E-state index contributed by atoms with van der Waals surface area (Å²) in [5.74, 6) is 0.279. The first-order chi connectivity index (χ1) is 3.95. The Morgan fingerprint density at radius 3 is 2.00 bits per heavy atom. The molecule has 0 aromatic rings. The molecule has 0 amide bonds. The van der Waals surface area contributed by atoms with Crippen LogP contribution >= 0.6 is 11.6 Å². The van der Waals surface area contributed by atoms with E-state index < -0.39 is 0 Å². The highest BCUT2D eigenvalue weighted by atomic mass is 35.5. The van der Waals surface area contributed by atoms with Crippen LogP contribution in [0.5, 0.6) is 0 Å². The second-order valence-electron chi connectivity index (χ2n) is 3.41. The smallest absolute Gasteiger partial charge is 0.148 e. The van der Waals surface area contributed by atoms with Crippen LogP contribution in [0.3, 0.4) is 0 Å². The third-order valence-corrected chi connectivity index (χ3v) is 1.17. The molecule has 0 aliphatic carbocycles. The molecule has 0 radical (unpaired) electrons. The predicted molar refractivity (Wildman–Crippen MR) is 39.8 cm³/mol. The number of hydrogen-bond acceptors (Lipinski definition) is 1. The van der Waals surface area contributed by atoms with Crippen molar-refractivity contribution in [1.29, 1.82) is 0 Å². The van der Waals surface area contributed by atoms with Gasteiger partial charge in [-0.05, 0) is 5.41 Å². The minimum Gasteiger partial charge on any atom is -0.298 e. The highest BCUT2D eigenvalue weighted by Crippen LogP contribution is 2.18. The normalized spacial score (nSPS) is 11.6. The van der Waals surface area contributed by atoms with Crippen LogP contribution in [0.15, 0.2) is 0 Å². The van der Waals surface area contributed by atoms with Crippen LogP contribution in [0.25, 0.3) is 0 Å². The summed E-state index contributed by atoms with van der Waals surface area (Å²) >= 11 is 5.31. The Balaban J connectivity index is 3.60. The molecule has 2 heteroatoms. The molecule has 0 N–H and O–H groups in total. The monoisotopic (exact) mass is 148 g/mol. The number of hydrogen-bond donors (Lipinski definition) is 0. The van der Waals surface area contributed by atoms with E-state index in [0.717, 1.165) is 0 Å². The van der Waals surface area contributed by atoms with E-state index in [9.17, 15) is 4.79 Å². The highest BCUT2D eigenvalue weighted by molar-refractivity contribution is 6.27. The molecule has 0 bridgehead atoms. The maximum Gasteiger partial charge on any atom is 0.148 e. The van der Waals surface area contributed by atoms with Crippen molar-refractivity contribution in [2.45, 2.75) is 27.2 Å². The van der Waals surface area contributed by atoms with E-state index in [0.29, 0.717) is 6.42 Å². The fraction of sp³-hybridized carbons (Fsp3) is 0.857. The first-order valence-corrected chi connectivity index (χ1v) is 3.57. The Hall–Kier alpha value is -0.0400. The van der Waals surface area contributed by atoms with Crippen LogP contribution in [0.1, 0.15) is 27.2 Å². The number of ketones is 1. The van der Waals surface area contributed by atoms with Gasteiger partial charge in [0.1, 0.15) is 5.78 Å². The van der Waals surface area contributed by atoms with Crippen LogP contribution in [-0.4, -0.2) is 11.7 Å². The molecule has 1 nitrogen and oxygen atoms in total. The van der Waals surface area contributed by atoms with Crippen molar-refractivity contribution in [2.24, 2.45) is 5.41 Å². The molecule has 0 atom stereocenters. The van der Waals surface area contributed by atoms with E-state index >= 15 is 0 Å². The van der Waals surface area contributed by atoms with Gasteiger partial charge < -0.3 is 0 Å². The van der Waals surface area contributed by atoms with Gasteiger partial charge in [0.2, 0.25) is 0 Å². The Morgan fingerprint density at radius 2 is 1.89 bits per heavy atom. The van der Waals surface area contributed by atoms with E-state index in [1.807, 2.05) is 20.8 Å². The highest BCUT2D eigenvalue weighted by Gasteiger charge is 2.14. The van der Waals surface area contributed by atoms with E-state index in [4.69, 9.17) is 11.6 Å². The van der Waals surface area contributed by atoms with Gasteiger partial charge in [-0.25, -0.2) is 0 Å². The molecular weight excluding hydrogens is 136 g/mol. The number of alkyl halides is 1. The van der Waals surface area contributed by atoms with E-state index in [-0.39, 0.29) is 17.1 Å². The maximum atomic E-state index is 10.7. The molecule has 0 aliphatic heterocycles. The van der Waals surface area contributed by atoms with Crippen molar-refractivity contribution in [3.05, 3.63) is 0 Å². The van der Waals surface area contributed by atoms with Gasteiger partial charge in [0.25, 0.3) is 0 Å². The lowest BCUT2D eigenvalue weighted by molar-refractivity contribution is -0.118. The average molecular weight is 149 g/mol. The molecule has 54 valence electrons. The van der Waals surface area contributed by atoms with Crippen molar-refractivity contribution in [3.8, 4) is 0 Å². The summed E-state index contributed by atoms with van der Waals surface area (Å²) < 4.78 is 0. The summed E-state index contributed by atoms with van der Waals surface area (Å²) in [7, 11) is 0. The number of carbonyl (C=O) groups excluding carboxylic acids is 1. The van der Waals surface area contributed by atoms with Crippen molar-refractivity contribution >= 4 is 17.4 Å². The van der Waals surface area contributed by atoms with Gasteiger partial charge in [0.15, 0.2) is 0 Å². The van der Waals surface area contributed by atoms with Gasteiger partial charge >= 0.3 is 0 Å². The lowest BCUT2D eigenvalue weighted by Gasteiger charge is -2.15. The summed E-state index contributed by atoms with van der Waals surface area (Å²) in [5.41, 5.74) is 0.0893. The quantitative estimate of drug-likeness (QED) is 0.549. The van der Waals surface area contributed by atoms with Gasteiger partial charge in [-0.1, -0.05) is 20.8 Å². The van der Waals surface area contributed by atoms with Crippen LogP contribution in [0.2, 0.25) is 0 Å². The van der Waals surface area contributed by atoms with E-state index in [1.165, 1.54) is 0 Å². The fourth-order valence-electron chi connectivity index (χ4n) is 0.639. The molecule has 0 heterocycles. The zero-order valence-electron chi connectivity index (χ0n) is 6.20. The van der Waals surface area contributed by atoms with Crippen molar-refractivity contribution in [3.63, 3.8) is 0 Å². The lowest BCUT2D eigenvalue weighted by Crippen LogP contribution is -2.13. The van der Waals surface area contributed by atoms with Crippen LogP contribution in [0.4, 0.5) is 0 Å². The van der Waals surface area contributed by atoms with Crippen molar-refractivity contribution in [1.82, 2.24) is 0 Å². The standard InChI is InChI=1S/C7H13ClO/c1-7(2,3)4-6(9)5-8/h4-5H2,1-3H3. The minimum atomic E-state index is 0.0893. The summed E-state index contributed by atoms with van der Waals surface area (Å²) in [6, 6.07) is 0. The zero-order valence-corrected chi connectivity index (χ0v) is 6.96. The van der Waals surface area contributed by atoms with Gasteiger partial charge in [0, 0.05) is 6.42 Å². The molecule has 0 spiro atoms. The van der Waals surface area contributed by atoms with E-state index in [2.05, 4.69) is 0 Å². The molecule has 0 aliphatic rings. The zero-order chi connectivity index (χ0) is 7.49. The minimum absolute atomic E-state index is 0.0893. The summed E-state index contributed by atoms with van der Waals surface area (Å²) in [6.45, 7) is 6.08. The molecule has 0 unspecified atom stereocenters. The number of Topliss-reactive ketones (excluding diaryl/α,β-unsaturated/α-hetero) is 1. The third-order valence-electron chi connectivity index (χ3n) is 0.877. The molecule has 0 saturated heterocycles. The molecule has 9 heavy (non-hydrogen) atoms. The Bertz CT molecular complexity index is 102. The number of carbonyl (C=O) groups is 1. The largest absolute Gasteiger partial charge is 0.298 e. The first kappa shape index (κ1) is 8.96. The maximum absolute atomic E-state index is 10.7. The van der Waals surface area contributed by atoms with Gasteiger partial charge in [0.05, 0.1) is 5.88 Å². The number of rotatable bonds is 2. The topological polar surface area (TPSA) is 17.1 Å². The van der Waals surface area contributed by atoms with Crippen LogP contribution in [0, 0.1) is 5.41 Å². The summed E-state index contributed by atoms with van der Waals surface area (Å²) in [6.07, 6.45) is 0.580. The van der Waals surface area contributed by atoms with Gasteiger partial charge in [-0.2, -0.15) is 0 Å². The predicted octanol–water partition coefficient (Wildman–Crippen LogP) is 2.23. The van der Waals surface area contributed by atoms with E-state index in [1.54, 1.807) is 0 Å².